The maximum atomic E-state index is 13.1. The van der Waals surface area contributed by atoms with Crippen molar-refractivity contribution in [2.24, 2.45) is 0 Å². The summed E-state index contributed by atoms with van der Waals surface area (Å²) in [5, 5.41) is 2.82. The fraction of sp³-hybridized carbons (Fsp3) is 0.333. The Bertz CT molecular complexity index is 349. The lowest BCUT2D eigenvalue weighted by Crippen LogP contribution is -2.14. The van der Waals surface area contributed by atoms with Gasteiger partial charge in [-0.05, 0) is 12.8 Å². The van der Waals surface area contributed by atoms with Crippen LogP contribution in [-0.2, 0) is 6.42 Å². The molecule has 0 saturated carbocycles. The van der Waals surface area contributed by atoms with Crippen LogP contribution in [-0.4, -0.2) is 6.54 Å². The zero-order chi connectivity index (χ0) is 9.42. The molecule has 1 N–H and O–H groups in total. The van der Waals surface area contributed by atoms with E-state index >= 15 is 0 Å². The molecule has 1 aromatic carbocycles. The van der Waals surface area contributed by atoms with Gasteiger partial charge in [-0.25, -0.2) is 13.2 Å². The molecule has 0 aromatic heterocycles. The molecule has 0 radical (unpaired) electrons. The molecular weight excluding hydrogens is 179 g/mol. The predicted octanol–water partition coefficient (Wildman–Crippen LogP) is 2.46. The molecule has 0 amide bonds. The number of rotatable bonds is 0. The van der Waals surface area contributed by atoms with Crippen molar-refractivity contribution in [1.29, 1.82) is 0 Å². The fourth-order valence-electron chi connectivity index (χ4n) is 1.52. The van der Waals surface area contributed by atoms with Crippen LogP contribution in [0.15, 0.2) is 6.07 Å². The van der Waals surface area contributed by atoms with Gasteiger partial charge in [0, 0.05) is 23.9 Å². The molecule has 2 rings (SSSR count). The molecule has 0 atom stereocenters. The number of benzene rings is 1. The first kappa shape index (κ1) is 8.41. The molecule has 0 saturated heterocycles. The van der Waals surface area contributed by atoms with Gasteiger partial charge in [-0.1, -0.05) is 0 Å². The molecule has 0 fully saturated rings. The van der Waals surface area contributed by atoms with Crippen molar-refractivity contribution in [3.63, 3.8) is 0 Å². The topological polar surface area (TPSA) is 12.0 Å². The Kier molecular flexibility index (Phi) is 1.90. The summed E-state index contributed by atoms with van der Waals surface area (Å²) < 4.78 is 38.5. The van der Waals surface area contributed by atoms with Crippen LogP contribution in [0.5, 0.6) is 0 Å². The molecule has 0 bridgehead atoms. The van der Waals surface area contributed by atoms with Gasteiger partial charge in [0.05, 0.1) is 0 Å². The first-order chi connectivity index (χ1) is 6.20. The van der Waals surface area contributed by atoms with E-state index in [1.165, 1.54) is 0 Å². The van der Waals surface area contributed by atoms with Crippen molar-refractivity contribution >= 4 is 5.69 Å². The number of hydrogen-bond donors (Lipinski definition) is 1. The molecule has 1 aliphatic heterocycles. The Balaban J connectivity index is 2.60. The Morgan fingerprint density at radius 2 is 1.92 bits per heavy atom. The average Bonchev–Trinajstić information content (AvgIpc) is 2.15. The zero-order valence-corrected chi connectivity index (χ0v) is 6.83. The Labute approximate surface area is 73.6 Å². The molecule has 0 aliphatic carbocycles. The summed E-state index contributed by atoms with van der Waals surface area (Å²) in [5.74, 6) is -3.56. The SMILES string of the molecule is Fc1cc2c(c(F)c1F)CCCN2. The van der Waals surface area contributed by atoms with Crippen molar-refractivity contribution in [3.8, 4) is 0 Å². The second kappa shape index (κ2) is 2.94. The highest BCUT2D eigenvalue weighted by molar-refractivity contribution is 5.54. The smallest absolute Gasteiger partial charge is 0.194 e. The van der Waals surface area contributed by atoms with Gasteiger partial charge in [-0.15, -0.1) is 0 Å². The Morgan fingerprint density at radius 1 is 1.15 bits per heavy atom. The summed E-state index contributed by atoms with van der Waals surface area (Å²) in [7, 11) is 0. The van der Waals surface area contributed by atoms with E-state index in [-0.39, 0.29) is 5.56 Å². The van der Waals surface area contributed by atoms with E-state index in [9.17, 15) is 13.2 Å². The van der Waals surface area contributed by atoms with Gasteiger partial charge in [0.2, 0.25) is 0 Å². The molecule has 0 unspecified atom stereocenters. The molecule has 13 heavy (non-hydrogen) atoms. The van der Waals surface area contributed by atoms with Crippen molar-refractivity contribution in [1.82, 2.24) is 0 Å². The van der Waals surface area contributed by atoms with E-state index in [4.69, 9.17) is 0 Å². The predicted molar refractivity (Wildman–Crippen MR) is 43.1 cm³/mol. The summed E-state index contributed by atoms with van der Waals surface area (Å²) in [6.07, 6.45) is 1.21. The quantitative estimate of drug-likeness (QED) is 0.615. The second-order valence-corrected chi connectivity index (χ2v) is 3.04. The third kappa shape index (κ3) is 1.26. The summed E-state index contributed by atoms with van der Waals surface area (Å²) in [6.45, 7) is 0.678. The van der Waals surface area contributed by atoms with Gasteiger partial charge in [0.15, 0.2) is 17.5 Å². The summed E-state index contributed by atoms with van der Waals surface area (Å²) >= 11 is 0. The minimum absolute atomic E-state index is 0.255. The van der Waals surface area contributed by atoms with E-state index in [1.54, 1.807) is 0 Å². The largest absolute Gasteiger partial charge is 0.385 e. The van der Waals surface area contributed by atoms with Crippen LogP contribution in [0, 0.1) is 17.5 Å². The van der Waals surface area contributed by atoms with Gasteiger partial charge < -0.3 is 5.32 Å². The lowest BCUT2D eigenvalue weighted by atomic mass is 10.0. The van der Waals surface area contributed by atoms with Crippen LogP contribution in [0.1, 0.15) is 12.0 Å². The second-order valence-electron chi connectivity index (χ2n) is 3.04. The van der Waals surface area contributed by atoms with Gasteiger partial charge in [0.1, 0.15) is 0 Å². The van der Waals surface area contributed by atoms with Crippen LogP contribution < -0.4 is 5.32 Å². The third-order valence-electron chi connectivity index (χ3n) is 2.18. The van der Waals surface area contributed by atoms with E-state index in [1.807, 2.05) is 0 Å². The molecule has 1 heterocycles. The normalized spacial score (nSPS) is 15.0. The first-order valence-electron chi connectivity index (χ1n) is 4.10. The highest BCUT2D eigenvalue weighted by atomic mass is 19.2. The number of anilines is 1. The van der Waals surface area contributed by atoms with Crippen LogP contribution >= 0.6 is 0 Å². The molecule has 1 aliphatic rings. The van der Waals surface area contributed by atoms with Crippen molar-refractivity contribution in [2.75, 3.05) is 11.9 Å². The summed E-state index contributed by atoms with van der Waals surface area (Å²) in [4.78, 5) is 0. The fourth-order valence-corrected chi connectivity index (χ4v) is 1.52. The van der Waals surface area contributed by atoms with E-state index in [2.05, 4.69) is 5.32 Å². The summed E-state index contributed by atoms with van der Waals surface area (Å²) in [6, 6.07) is 1.01. The van der Waals surface area contributed by atoms with Crippen LogP contribution in [0.3, 0.4) is 0 Å². The van der Waals surface area contributed by atoms with Gasteiger partial charge in [-0.3, -0.25) is 0 Å². The minimum atomic E-state index is -1.37. The van der Waals surface area contributed by atoms with Crippen molar-refractivity contribution < 1.29 is 13.2 Å². The van der Waals surface area contributed by atoms with Crippen LogP contribution in [0.4, 0.5) is 18.9 Å². The number of fused-ring (bicyclic) bond motifs is 1. The zero-order valence-electron chi connectivity index (χ0n) is 6.83. The first-order valence-corrected chi connectivity index (χ1v) is 4.10. The van der Waals surface area contributed by atoms with E-state index in [0.29, 0.717) is 18.7 Å². The van der Waals surface area contributed by atoms with Gasteiger partial charge in [-0.2, -0.15) is 0 Å². The van der Waals surface area contributed by atoms with Crippen LogP contribution in [0.2, 0.25) is 0 Å². The molecule has 1 nitrogen and oxygen atoms in total. The molecule has 0 spiro atoms. The highest BCUT2D eigenvalue weighted by Crippen LogP contribution is 2.27. The third-order valence-corrected chi connectivity index (χ3v) is 2.18. The van der Waals surface area contributed by atoms with Crippen molar-refractivity contribution in [3.05, 3.63) is 29.1 Å². The minimum Gasteiger partial charge on any atom is -0.385 e. The lowest BCUT2D eigenvalue weighted by Gasteiger charge is -2.18. The maximum absolute atomic E-state index is 13.1. The lowest BCUT2D eigenvalue weighted by molar-refractivity contribution is 0.440. The molecule has 70 valence electrons. The Hall–Kier alpha value is -1.19. The summed E-state index contributed by atoms with van der Waals surface area (Å²) in [5.41, 5.74) is 0.632. The average molecular weight is 187 g/mol. The van der Waals surface area contributed by atoms with E-state index in [0.717, 1.165) is 12.5 Å². The standard InChI is InChI=1S/C9H8F3N/c10-6-4-7-5(2-1-3-13-7)8(11)9(6)12/h4,13H,1-3H2. The number of halogens is 3. The maximum Gasteiger partial charge on any atom is 0.194 e. The molecular formula is C9H8F3N. The Morgan fingerprint density at radius 3 is 2.69 bits per heavy atom. The monoisotopic (exact) mass is 187 g/mol. The highest BCUT2D eigenvalue weighted by Gasteiger charge is 2.20. The molecule has 1 aromatic rings. The van der Waals surface area contributed by atoms with Crippen LogP contribution in [0.25, 0.3) is 0 Å². The van der Waals surface area contributed by atoms with Crippen molar-refractivity contribution in [2.45, 2.75) is 12.8 Å². The van der Waals surface area contributed by atoms with Gasteiger partial charge >= 0.3 is 0 Å². The van der Waals surface area contributed by atoms with Gasteiger partial charge in [0.25, 0.3) is 0 Å². The molecule has 4 heteroatoms. The number of nitrogens with one attached hydrogen (secondary N) is 1. The number of hydrogen-bond acceptors (Lipinski definition) is 1. The van der Waals surface area contributed by atoms with E-state index < -0.39 is 17.5 Å².